The Morgan fingerprint density at radius 2 is 1.88 bits per heavy atom. The Labute approximate surface area is 150 Å². The third-order valence-electron chi connectivity index (χ3n) is 5.62. The molecule has 5 heteroatoms. The van der Waals surface area contributed by atoms with Gasteiger partial charge in [0, 0.05) is 12.6 Å². The highest BCUT2D eigenvalue weighted by atomic mass is 16.6. The van der Waals surface area contributed by atoms with Gasteiger partial charge in [-0.05, 0) is 50.3 Å². The van der Waals surface area contributed by atoms with Gasteiger partial charge in [0.2, 0.25) is 5.91 Å². The first kappa shape index (κ1) is 18.1. The van der Waals surface area contributed by atoms with Crippen molar-refractivity contribution in [1.29, 1.82) is 0 Å². The van der Waals surface area contributed by atoms with Gasteiger partial charge in [-0.15, -0.1) is 0 Å². The number of hydrogen-bond acceptors (Lipinski definition) is 4. The highest BCUT2D eigenvalue weighted by Gasteiger charge is 2.34. The molecular weight excluding hydrogens is 316 g/mol. The smallest absolute Gasteiger partial charge is 0.230 e. The van der Waals surface area contributed by atoms with Gasteiger partial charge in [0.25, 0.3) is 0 Å². The predicted molar refractivity (Wildman–Crippen MR) is 98.0 cm³/mol. The van der Waals surface area contributed by atoms with Crippen LogP contribution in [-0.4, -0.2) is 31.7 Å². The van der Waals surface area contributed by atoms with Gasteiger partial charge in [0.15, 0.2) is 11.5 Å². The number of ether oxygens (including phenoxy) is 2. The van der Waals surface area contributed by atoms with E-state index in [0.717, 1.165) is 24.2 Å². The minimum absolute atomic E-state index is 0.0187. The van der Waals surface area contributed by atoms with Crippen molar-refractivity contribution in [2.45, 2.75) is 57.4 Å². The summed E-state index contributed by atoms with van der Waals surface area (Å²) in [5.41, 5.74) is 6.24. The lowest BCUT2D eigenvalue weighted by atomic mass is 9.81. The first-order valence-corrected chi connectivity index (χ1v) is 9.43. The van der Waals surface area contributed by atoms with Crippen molar-refractivity contribution < 1.29 is 14.3 Å². The highest BCUT2D eigenvalue weighted by Crippen LogP contribution is 2.35. The molecule has 25 heavy (non-hydrogen) atoms. The fraction of sp³-hybridized carbons (Fsp3) is 0.650. The summed E-state index contributed by atoms with van der Waals surface area (Å²) in [7, 11) is 0. The maximum Gasteiger partial charge on any atom is 0.230 e. The molecule has 1 heterocycles. The van der Waals surface area contributed by atoms with Crippen molar-refractivity contribution in [3.63, 3.8) is 0 Å². The molecule has 0 radical (unpaired) electrons. The monoisotopic (exact) mass is 346 g/mol. The number of carbonyl (C=O) groups is 1. The van der Waals surface area contributed by atoms with Crippen molar-refractivity contribution in [1.82, 2.24) is 5.32 Å². The van der Waals surface area contributed by atoms with Crippen LogP contribution >= 0.6 is 0 Å². The van der Waals surface area contributed by atoms with E-state index in [4.69, 9.17) is 15.2 Å². The third kappa shape index (κ3) is 3.92. The Bertz CT molecular complexity index is 609. The van der Waals surface area contributed by atoms with E-state index >= 15 is 0 Å². The summed E-state index contributed by atoms with van der Waals surface area (Å²) in [6, 6.07) is 5.82. The minimum Gasteiger partial charge on any atom is -0.486 e. The van der Waals surface area contributed by atoms with Crippen molar-refractivity contribution in [2.75, 3.05) is 19.8 Å². The second-order valence-corrected chi connectivity index (χ2v) is 7.70. The second kappa shape index (κ2) is 7.65. The van der Waals surface area contributed by atoms with E-state index in [1.54, 1.807) is 0 Å². The van der Waals surface area contributed by atoms with Crippen LogP contribution in [0.3, 0.4) is 0 Å². The van der Waals surface area contributed by atoms with Crippen LogP contribution in [-0.2, 0) is 10.2 Å². The van der Waals surface area contributed by atoms with E-state index in [-0.39, 0.29) is 11.9 Å². The average Bonchev–Trinajstić information content (AvgIpc) is 2.66. The summed E-state index contributed by atoms with van der Waals surface area (Å²) >= 11 is 0. The number of hydrogen-bond donors (Lipinski definition) is 2. The maximum atomic E-state index is 13.0. The molecule has 0 spiro atoms. The molecule has 1 aromatic rings. The zero-order valence-electron chi connectivity index (χ0n) is 15.3. The molecule has 1 aliphatic heterocycles. The number of rotatable bonds is 5. The minimum atomic E-state index is -0.655. The molecule has 3 rings (SSSR count). The summed E-state index contributed by atoms with van der Waals surface area (Å²) in [5, 5.41) is 3.22. The second-order valence-electron chi connectivity index (χ2n) is 7.70. The Morgan fingerprint density at radius 3 is 2.56 bits per heavy atom. The van der Waals surface area contributed by atoms with Crippen molar-refractivity contribution >= 4 is 5.91 Å². The molecule has 1 amide bonds. The molecule has 0 aromatic heterocycles. The molecule has 1 unspecified atom stereocenters. The van der Waals surface area contributed by atoms with Crippen LogP contribution in [0.15, 0.2) is 18.2 Å². The van der Waals surface area contributed by atoms with Crippen LogP contribution in [0.1, 0.15) is 51.5 Å². The molecule has 2 aliphatic rings. The van der Waals surface area contributed by atoms with E-state index in [1.165, 1.54) is 19.3 Å². The predicted octanol–water partition coefficient (Wildman–Crippen LogP) is 2.76. The van der Waals surface area contributed by atoms with Crippen molar-refractivity contribution in [3.05, 3.63) is 23.8 Å². The van der Waals surface area contributed by atoms with Crippen molar-refractivity contribution in [2.24, 2.45) is 11.7 Å². The number of nitrogens with two attached hydrogens (primary N) is 1. The molecule has 5 nitrogen and oxygen atoms in total. The molecule has 1 aromatic carbocycles. The number of carbonyl (C=O) groups excluding carboxylic acids is 1. The van der Waals surface area contributed by atoms with Crippen molar-refractivity contribution in [3.8, 4) is 11.5 Å². The van der Waals surface area contributed by atoms with Gasteiger partial charge >= 0.3 is 0 Å². The summed E-state index contributed by atoms with van der Waals surface area (Å²) in [6.45, 7) is 5.49. The average molecular weight is 346 g/mol. The Balaban J connectivity index is 1.73. The van der Waals surface area contributed by atoms with E-state index in [1.807, 2.05) is 32.0 Å². The first-order valence-electron chi connectivity index (χ1n) is 9.43. The van der Waals surface area contributed by atoms with Crippen LogP contribution in [0.2, 0.25) is 0 Å². The summed E-state index contributed by atoms with van der Waals surface area (Å²) in [6.07, 6.45) is 6.09. The first-order chi connectivity index (χ1) is 12.0. The van der Waals surface area contributed by atoms with Gasteiger partial charge in [-0.2, -0.15) is 0 Å². The van der Waals surface area contributed by atoms with Gasteiger partial charge in [-0.1, -0.05) is 25.3 Å². The third-order valence-corrected chi connectivity index (χ3v) is 5.62. The largest absolute Gasteiger partial charge is 0.486 e. The topological polar surface area (TPSA) is 73.6 Å². The normalized spacial score (nSPS) is 19.3. The van der Waals surface area contributed by atoms with Gasteiger partial charge in [0.05, 0.1) is 5.41 Å². The lowest BCUT2D eigenvalue weighted by Gasteiger charge is -2.33. The van der Waals surface area contributed by atoms with E-state index in [0.29, 0.717) is 31.4 Å². The number of nitrogens with one attached hydrogen (secondary N) is 1. The molecule has 1 saturated carbocycles. The zero-order chi connectivity index (χ0) is 17.9. The molecule has 1 aliphatic carbocycles. The van der Waals surface area contributed by atoms with E-state index in [2.05, 4.69) is 5.32 Å². The van der Waals surface area contributed by atoms with Crippen LogP contribution in [0.5, 0.6) is 11.5 Å². The summed E-state index contributed by atoms with van der Waals surface area (Å²) in [5.74, 6) is 1.98. The molecule has 1 fully saturated rings. The molecule has 1 atom stereocenters. The number of amides is 1. The maximum absolute atomic E-state index is 13.0. The lowest BCUT2D eigenvalue weighted by Crippen LogP contribution is -2.51. The fourth-order valence-corrected chi connectivity index (χ4v) is 3.82. The van der Waals surface area contributed by atoms with E-state index < -0.39 is 5.41 Å². The SMILES string of the molecule is CC(C)(C(=O)NC(CN)C1CCCCC1)c1ccc2c(c1)OCCO2. The van der Waals surface area contributed by atoms with E-state index in [9.17, 15) is 4.79 Å². The Kier molecular flexibility index (Phi) is 5.52. The highest BCUT2D eigenvalue weighted by molar-refractivity contribution is 5.87. The zero-order valence-corrected chi connectivity index (χ0v) is 15.3. The van der Waals surface area contributed by atoms with Crippen LogP contribution in [0.4, 0.5) is 0 Å². The standard InChI is InChI=1S/C20H30N2O3/c1-20(2,15-8-9-17-18(12-15)25-11-10-24-17)19(23)22-16(13-21)14-6-4-3-5-7-14/h8-9,12,14,16H,3-7,10-11,13,21H2,1-2H3,(H,22,23). The molecule has 3 N–H and O–H groups in total. The van der Waals surface area contributed by atoms with Gasteiger partial charge in [-0.25, -0.2) is 0 Å². The van der Waals surface area contributed by atoms with Crippen LogP contribution in [0, 0.1) is 5.92 Å². The quantitative estimate of drug-likeness (QED) is 0.860. The van der Waals surface area contributed by atoms with Gasteiger partial charge < -0.3 is 20.5 Å². The van der Waals surface area contributed by atoms with Gasteiger partial charge in [0.1, 0.15) is 13.2 Å². The molecule has 138 valence electrons. The number of benzene rings is 1. The van der Waals surface area contributed by atoms with Crippen LogP contribution in [0.25, 0.3) is 0 Å². The molecule has 0 bridgehead atoms. The summed E-state index contributed by atoms with van der Waals surface area (Å²) in [4.78, 5) is 13.0. The lowest BCUT2D eigenvalue weighted by molar-refractivity contribution is -0.126. The Hall–Kier alpha value is -1.75. The summed E-state index contributed by atoms with van der Waals surface area (Å²) < 4.78 is 11.2. The number of fused-ring (bicyclic) bond motifs is 1. The fourth-order valence-electron chi connectivity index (χ4n) is 3.82. The molecular formula is C20H30N2O3. The molecule has 0 saturated heterocycles. The van der Waals surface area contributed by atoms with Gasteiger partial charge in [-0.3, -0.25) is 4.79 Å². The Morgan fingerprint density at radius 1 is 1.20 bits per heavy atom. The van der Waals surface area contributed by atoms with Crippen LogP contribution < -0.4 is 20.5 Å².